The second-order valence-corrected chi connectivity index (χ2v) is 12.0. The van der Waals surface area contributed by atoms with Crippen LogP contribution in [0.3, 0.4) is 0 Å². The number of hydrogen-bond donors (Lipinski definition) is 4. The van der Waals surface area contributed by atoms with Gasteiger partial charge in [0.1, 0.15) is 0 Å². The molecule has 4 aromatic carbocycles. The minimum atomic E-state index is -4.38. The Morgan fingerprint density at radius 2 is 0.912 bits per heavy atom. The SMILES string of the molecule is O=P(O)(O)c1ccccc1NCCNc1ccccc1P(=O)(c1ccccc1)c1ccccc1. The molecule has 0 amide bonds. The highest BCUT2D eigenvalue weighted by atomic mass is 31.2. The summed E-state index contributed by atoms with van der Waals surface area (Å²) in [7, 11) is -7.52. The van der Waals surface area contributed by atoms with Gasteiger partial charge in [-0.3, -0.25) is 4.57 Å². The normalized spacial score (nSPS) is 11.7. The first-order chi connectivity index (χ1) is 16.4. The highest BCUT2D eigenvalue weighted by molar-refractivity contribution is 7.85. The van der Waals surface area contributed by atoms with E-state index in [1.165, 1.54) is 6.07 Å². The second-order valence-electron chi connectivity index (χ2n) is 7.71. The van der Waals surface area contributed by atoms with Crippen molar-refractivity contribution in [1.29, 1.82) is 0 Å². The standard InChI is InChI=1S/C26H26N2O4P2/c29-33(21-11-3-1-4-12-21,22-13-5-2-6-14-22)25-17-9-7-15-23(25)27-19-20-28-24-16-8-10-18-26(24)34(30,31)32/h1-18,27-28H,19-20H2,(H2,30,31,32). The van der Waals surface area contributed by atoms with Gasteiger partial charge in [-0.25, -0.2) is 0 Å². The number of anilines is 2. The summed E-state index contributed by atoms with van der Waals surface area (Å²) in [5, 5.41) is 8.63. The molecule has 0 unspecified atom stereocenters. The van der Waals surface area contributed by atoms with Gasteiger partial charge in [-0.1, -0.05) is 84.9 Å². The Bertz CT molecular complexity index is 1300. The molecule has 34 heavy (non-hydrogen) atoms. The van der Waals surface area contributed by atoms with Gasteiger partial charge in [0.25, 0.3) is 0 Å². The molecule has 0 fully saturated rings. The maximum atomic E-state index is 14.7. The van der Waals surface area contributed by atoms with Crippen molar-refractivity contribution in [2.45, 2.75) is 0 Å². The molecular formula is C26H26N2O4P2. The highest BCUT2D eigenvalue weighted by Crippen LogP contribution is 2.44. The van der Waals surface area contributed by atoms with Crippen LogP contribution in [0.1, 0.15) is 0 Å². The first-order valence-corrected chi connectivity index (χ1v) is 14.2. The van der Waals surface area contributed by atoms with Crippen LogP contribution in [0.25, 0.3) is 0 Å². The molecule has 4 aromatic rings. The van der Waals surface area contributed by atoms with Gasteiger partial charge >= 0.3 is 7.60 Å². The number of hydrogen-bond acceptors (Lipinski definition) is 4. The fraction of sp³-hybridized carbons (Fsp3) is 0.0769. The Hall–Kier alpha value is -3.14. The Morgan fingerprint density at radius 1 is 0.529 bits per heavy atom. The quantitative estimate of drug-likeness (QED) is 0.210. The third-order valence-corrected chi connectivity index (χ3v) is 9.59. The van der Waals surface area contributed by atoms with E-state index in [2.05, 4.69) is 10.6 Å². The lowest BCUT2D eigenvalue weighted by Gasteiger charge is -2.23. The van der Waals surface area contributed by atoms with Crippen LogP contribution in [0, 0.1) is 0 Å². The zero-order valence-electron chi connectivity index (χ0n) is 18.4. The van der Waals surface area contributed by atoms with Crippen molar-refractivity contribution in [3.63, 3.8) is 0 Å². The van der Waals surface area contributed by atoms with E-state index >= 15 is 0 Å². The largest absolute Gasteiger partial charge is 0.383 e. The van der Waals surface area contributed by atoms with E-state index in [-0.39, 0.29) is 5.30 Å². The summed E-state index contributed by atoms with van der Waals surface area (Å²) < 4.78 is 26.4. The van der Waals surface area contributed by atoms with Crippen molar-refractivity contribution in [3.05, 3.63) is 109 Å². The Morgan fingerprint density at radius 3 is 1.38 bits per heavy atom. The third kappa shape index (κ3) is 5.16. The molecule has 0 radical (unpaired) electrons. The smallest absolute Gasteiger partial charge is 0.358 e. The number of rotatable bonds is 9. The third-order valence-electron chi connectivity index (χ3n) is 5.46. The Kier molecular flexibility index (Phi) is 7.35. The number of benzene rings is 4. The molecule has 0 bridgehead atoms. The van der Waals surface area contributed by atoms with Gasteiger partial charge in [0.2, 0.25) is 0 Å². The van der Waals surface area contributed by atoms with Crippen LogP contribution < -0.4 is 31.9 Å². The van der Waals surface area contributed by atoms with Crippen LogP contribution in [0.15, 0.2) is 109 Å². The van der Waals surface area contributed by atoms with Crippen LogP contribution in [-0.2, 0) is 9.13 Å². The predicted molar refractivity (Wildman–Crippen MR) is 141 cm³/mol. The van der Waals surface area contributed by atoms with Crippen molar-refractivity contribution in [2.75, 3.05) is 23.7 Å². The molecule has 0 aliphatic carbocycles. The maximum absolute atomic E-state index is 14.7. The summed E-state index contributed by atoms with van der Waals surface area (Å²) in [6.45, 7) is 0.864. The molecule has 0 aromatic heterocycles. The fourth-order valence-electron chi connectivity index (χ4n) is 3.87. The highest BCUT2D eigenvalue weighted by Gasteiger charge is 2.31. The van der Waals surface area contributed by atoms with Crippen molar-refractivity contribution in [2.24, 2.45) is 0 Å². The maximum Gasteiger partial charge on any atom is 0.358 e. The predicted octanol–water partition coefficient (Wildman–Crippen LogP) is 3.65. The first-order valence-electron chi connectivity index (χ1n) is 10.8. The minimum Gasteiger partial charge on any atom is -0.383 e. The molecule has 0 spiro atoms. The van der Waals surface area contributed by atoms with E-state index in [1.807, 2.05) is 84.9 Å². The van der Waals surface area contributed by atoms with Gasteiger partial charge in [0.15, 0.2) is 7.14 Å². The summed E-state index contributed by atoms with van der Waals surface area (Å²) in [4.78, 5) is 19.1. The second kappa shape index (κ2) is 10.4. The number of para-hydroxylation sites is 2. The van der Waals surface area contributed by atoms with Crippen molar-refractivity contribution in [1.82, 2.24) is 0 Å². The molecular weight excluding hydrogens is 466 g/mol. The van der Waals surface area contributed by atoms with E-state index in [4.69, 9.17) is 0 Å². The topological polar surface area (TPSA) is 98.7 Å². The molecule has 0 aliphatic heterocycles. The lowest BCUT2D eigenvalue weighted by atomic mass is 10.3. The summed E-state index contributed by atoms with van der Waals surface area (Å²) in [5.74, 6) is 0. The first kappa shape index (κ1) is 24.0. The van der Waals surface area contributed by atoms with Crippen LogP contribution in [0.2, 0.25) is 0 Å². The molecule has 0 aliphatic rings. The van der Waals surface area contributed by atoms with Crippen molar-refractivity contribution in [3.8, 4) is 0 Å². The molecule has 8 heteroatoms. The average Bonchev–Trinajstić information content (AvgIpc) is 2.87. The van der Waals surface area contributed by atoms with Crippen LogP contribution in [0.4, 0.5) is 11.4 Å². The van der Waals surface area contributed by atoms with Gasteiger partial charge in [0, 0.05) is 40.4 Å². The summed E-state index contributed by atoms with van der Waals surface area (Å²) >= 11 is 0. The van der Waals surface area contributed by atoms with E-state index in [0.29, 0.717) is 24.1 Å². The van der Waals surface area contributed by atoms with E-state index < -0.39 is 14.7 Å². The lowest BCUT2D eigenvalue weighted by molar-refractivity contribution is 0.387. The van der Waals surface area contributed by atoms with E-state index in [0.717, 1.165) is 16.3 Å². The van der Waals surface area contributed by atoms with Gasteiger partial charge in [-0.05, 0) is 24.3 Å². The summed E-state index contributed by atoms with van der Waals surface area (Å²) in [6, 6.07) is 32.9. The van der Waals surface area contributed by atoms with Crippen molar-refractivity contribution < 1.29 is 18.9 Å². The van der Waals surface area contributed by atoms with Gasteiger partial charge < -0.3 is 25.0 Å². The summed E-state index contributed by atoms with van der Waals surface area (Å²) in [5.41, 5.74) is 1.15. The van der Waals surface area contributed by atoms with Crippen LogP contribution >= 0.6 is 14.7 Å². The molecule has 0 saturated carbocycles. The fourth-order valence-corrected chi connectivity index (χ4v) is 7.45. The molecule has 4 N–H and O–H groups in total. The zero-order valence-corrected chi connectivity index (χ0v) is 20.2. The zero-order chi connectivity index (χ0) is 24.0. The minimum absolute atomic E-state index is 0.0342. The van der Waals surface area contributed by atoms with Gasteiger partial charge in [-0.15, -0.1) is 0 Å². The van der Waals surface area contributed by atoms with Gasteiger partial charge in [0.05, 0.1) is 5.30 Å². The van der Waals surface area contributed by atoms with E-state index in [9.17, 15) is 18.9 Å². The average molecular weight is 492 g/mol. The molecule has 0 heterocycles. The lowest BCUT2D eigenvalue weighted by Crippen LogP contribution is -2.28. The molecule has 0 saturated heterocycles. The van der Waals surface area contributed by atoms with Crippen LogP contribution in [0.5, 0.6) is 0 Å². The number of nitrogens with one attached hydrogen (secondary N) is 2. The molecule has 0 atom stereocenters. The monoisotopic (exact) mass is 492 g/mol. The Labute approximate surface area is 199 Å². The molecule has 4 rings (SSSR count). The van der Waals surface area contributed by atoms with Gasteiger partial charge in [-0.2, -0.15) is 0 Å². The van der Waals surface area contributed by atoms with Crippen molar-refractivity contribution >= 4 is 47.3 Å². The summed E-state index contributed by atoms with van der Waals surface area (Å²) in [6.07, 6.45) is 0. The van der Waals surface area contributed by atoms with E-state index in [1.54, 1.807) is 18.2 Å². The van der Waals surface area contributed by atoms with Crippen LogP contribution in [-0.4, -0.2) is 22.9 Å². The molecule has 6 nitrogen and oxygen atoms in total. The Balaban J connectivity index is 1.60. The molecule has 174 valence electrons.